The Kier molecular flexibility index (Phi) is 3.63. The number of rotatable bonds is 3. The van der Waals surface area contributed by atoms with Gasteiger partial charge in [-0.3, -0.25) is 4.79 Å². The van der Waals surface area contributed by atoms with E-state index >= 15 is 0 Å². The summed E-state index contributed by atoms with van der Waals surface area (Å²) in [5, 5.41) is 9.03. The van der Waals surface area contributed by atoms with Gasteiger partial charge in [-0.1, -0.05) is 11.8 Å². The van der Waals surface area contributed by atoms with Crippen molar-refractivity contribution in [3.63, 3.8) is 0 Å². The lowest BCUT2D eigenvalue weighted by Crippen LogP contribution is -1.98. The molecular formula is C7H5Br2NO2S. The molecule has 1 rings (SSSR count). The number of carboxylic acids is 1. The molecule has 6 heteroatoms. The molecule has 13 heavy (non-hydrogen) atoms. The zero-order chi connectivity index (χ0) is 10.7. The zero-order valence-electron chi connectivity index (χ0n) is 7.20. The van der Waals surface area contributed by atoms with Crippen molar-refractivity contribution >= 4 is 49.6 Å². The van der Waals surface area contributed by atoms with Crippen LogP contribution >= 0.6 is 43.6 Å². The third-order valence-electron chi connectivity index (χ3n) is 1.05. The Bertz CT molecular complexity index is 364. The van der Waals surface area contributed by atoms with E-state index < -0.39 is 11.7 Å². The van der Waals surface area contributed by atoms with E-state index in [0.29, 0.717) is 14.1 Å². The molecule has 0 aliphatic heterocycles. The number of hydrogen-bond acceptors (Lipinski definition) is 3. The van der Waals surface area contributed by atoms with Crippen LogP contribution in [0.1, 0.15) is 1.37 Å². The molecule has 3 nitrogen and oxygen atoms in total. The fourth-order valence-corrected chi connectivity index (χ4v) is 2.06. The van der Waals surface area contributed by atoms with E-state index in [2.05, 4.69) is 36.8 Å². The number of aliphatic carboxylic acids is 1. The second-order valence-electron chi connectivity index (χ2n) is 1.99. The van der Waals surface area contributed by atoms with Crippen molar-refractivity contribution in [2.45, 2.75) is 5.03 Å². The quantitative estimate of drug-likeness (QED) is 0.685. The van der Waals surface area contributed by atoms with Gasteiger partial charge in [0.1, 0.15) is 9.63 Å². The summed E-state index contributed by atoms with van der Waals surface area (Å²) >= 11 is 7.27. The molecule has 0 radical (unpaired) electrons. The summed E-state index contributed by atoms with van der Waals surface area (Å²) in [6.07, 6.45) is 0. The van der Waals surface area contributed by atoms with Gasteiger partial charge in [0.05, 0.1) is 7.10 Å². The molecule has 0 aliphatic carbocycles. The van der Waals surface area contributed by atoms with Gasteiger partial charge in [-0.2, -0.15) is 0 Å². The number of thioether (sulfide) groups is 1. The van der Waals surface area contributed by atoms with Crippen molar-refractivity contribution < 1.29 is 11.3 Å². The predicted molar refractivity (Wildman–Crippen MR) is 58.0 cm³/mol. The highest BCUT2D eigenvalue weighted by atomic mass is 79.9. The summed E-state index contributed by atoms with van der Waals surface area (Å²) in [6.45, 7) is 0. The van der Waals surface area contributed by atoms with Crippen LogP contribution < -0.4 is 0 Å². The Balaban J connectivity index is 2.85. The molecule has 1 aromatic heterocycles. The van der Waals surface area contributed by atoms with Crippen molar-refractivity contribution in [2.75, 3.05) is 5.73 Å². The second kappa shape index (κ2) is 4.97. The normalized spacial score (nSPS) is 13.5. The van der Waals surface area contributed by atoms with E-state index in [-0.39, 0.29) is 0 Å². The van der Waals surface area contributed by atoms with Gasteiger partial charge in [-0.05, 0) is 44.0 Å². The average molecular weight is 328 g/mol. The Morgan fingerprint density at radius 1 is 1.69 bits per heavy atom. The fraction of sp³-hybridized carbons (Fsp3) is 0.143. The summed E-state index contributed by atoms with van der Waals surface area (Å²) in [5.74, 6) is -1.18. The molecule has 1 atom stereocenters. The number of hydrogen-bond donors (Lipinski definition) is 1. The van der Waals surface area contributed by atoms with Crippen LogP contribution in [0.15, 0.2) is 26.2 Å². The Morgan fingerprint density at radius 2 is 2.38 bits per heavy atom. The Morgan fingerprint density at radius 3 is 3.00 bits per heavy atom. The number of pyridine rings is 1. The molecule has 1 heterocycles. The van der Waals surface area contributed by atoms with Crippen molar-refractivity contribution in [1.82, 2.24) is 4.98 Å². The van der Waals surface area contributed by atoms with Crippen molar-refractivity contribution in [2.24, 2.45) is 0 Å². The van der Waals surface area contributed by atoms with Crippen LogP contribution in [0, 0.1) is 0 Å². The van der Waals surface area contributed by atoms with E-state index in [1.165, 1.54) is 0 Å². The van der Waals surface area contributed by atoms with Crippen LogP contribution in [0.5, 0.6) is 0 Å². The minimum absolute atomic E-state index is 0.488. The van der Waals surface area contributed by atoms with Crippen LogP contribution in [-0.2, 0) is 4.79 Å². The molecule has 0 saturated carbocycles. The number of nitrogens with zero attached hydrogens (tertiary/aromatic N) is 1. The monoisotopic (exact) mass is 326 g/mol. The molecule has 70 valence electrons. The minimum atomic E-state index is -1.26. The van der Waals surface area contributed by atoms with E-state index in [9.17, 15) is 4.79 Å². The molecule has 0 spiro atoms. The maximum absolute atomic E-state index is 10.4. The summed E-state index contributed by atoms with van der Waals surface area (Å²) in [4.78, 5) is 14.5. The van der Waals surface area contributed by atoms with Gasteiger partial charge in [0.2, 0.25) is 0 Å². The number of halogens is 2. The first kappa shape index (κ1) is 9.48. The van der Waals surface area contributed by atoms with Gasteiger partial charge in [0.15, 0.2) is 0 Å². The first-order valence-electron chi connectivity index (χ1n) is 3.72. The lowest BCUT2D eigenvalue weighted by atomic mass is 10.5. The van der Waals surface area contributed by atoms with Gasteiger partial charge in [-0.15, -0.1) is 0 Å². The van der Waals surface area contributed by atoms with Crippen LogP contribution in [0.3, 0.4) is 0 Å². The minimum Gasteiger partial charge on any atom is -0.481 e. The van der Waals surface area contributed by atoms with Crippen molar-refractivity contribution in [3.8, 4) is 0 Å². The molecule has 0 aromatic carbocycles. The third kappa shape index (κ3) is 3.66. The van der Waals surface area contributed by atoms with Gasteiger partial charge in [0.25, 0.3) is 0 Å². The van der Waals surface area contributed by atoms with Crippen LogP contribution in [0.2, 0.25) is 0 Å². The lowest BCUT2D eigenvalue weighted by molar-refractivity contribution is -0.133. The molecule has 1 aromatic rings. The van der Waals surface area contributed by atoms with Gasteiger partial charge >= 0.3 is 5.97 Å². The maximum Gasteiger partial charge on any atom is 0.313 e. The summed E-state index contributed by atoms with van der Waals surface area (Å²) < 4.78 is 8.51. The number of carboxylic acid groups (broad SMARTS) is 1. The SMILES string of the molecule is [2H]C(Sc1nc(Br)ccc1Br)C(=O)O. The largest absolute Gasteiger partial charge is 0.481 e. The molecule has 1 unspecified atom stereocenters. The summed E-state index contributed by atoms with van der Waals surface area (Å²) in [6, 6.07) is 3.47. The van der Waals surface area contributed by atoms with E-state index in [1.54, 1.807) is 12.1 Å². The average Bonchev–Trinajstić information content (AvgIpc) is 2.11. The molecule has 0 saturated heterocycles. The van der Waals surface area contributed by atoms with E-state index in [4.69, 9.17) is 6.48 Å². The van der Waals surface area contributed by atoms with Gasteiger partial charge < -0.3 is 5.11 Å². The molecule has 1 N–H and O–H groups in total. The maximum atomic E-state index is 10.4. The molecule has 0 fully saturated rings. The number of aromatic nitrogens is 1. The van der Waals surface area contributed by atoms with Crippen LogP contribution in [0.25, 0.3) is 0 Å². The van der Waals surface area contributed by atoms with Crippen molar-refractivity contribution in [3.05, 3.63) is 21.2 Å². The summed E-state index contributed by atoms with van der Waals surface area (Å²) in [7, 11) is 0. The van der Waals surface area contributed by atoms with Gasteiger partial charge in [-0.25, -0.2) is 4.98 Å². The van der Waals surface area contributed by atoms with Crippen LogP contribution in [-0.4, -0.2) is 21.8 Å². The smallest absolute Gasteiger partial charge is 0.313 e. The Labute approximate surface area is 97.6 Å². The molecule has 0 aliphatic rings. The molecular weight excluding hydrogens is 322 g/mol. The second-order valence-corrected chi connectivity index (χ2v) is 4.52. The first-order chi connectivity index (χ1) is 6.50. The number of carbonyl (C=O) groups is 1. The standard InChI is InChI=1S/C7H5Br2NO2S/c8-4-1-2-5(9)10-7(4)13-3-6(11)12/h1-2H,3H2,(H,11,12)/i3D. The Hall–Kier alpha value is -0.0700. The van der Waals surface area contributed by atoms with Crippen molar-refractivity contribution in [1.29, 1.82) is 0 Å². The topological polar surface area (TPSA) is 50.2 Å². The highest BCUT2D eigenvalue weighted by Gasteiger charge is 2.05. The van der Waals surface area contributed by atoms with Gasteiger partial charge in [0, 0.05) is 4.47 Å². The molecule has 0 bridgehead atoms. The first-order valence-corrected chi connectivity index (χ1v) is 5.61. The highest BCUT2D eigenvalue weighted by molar-refractivity contribution is 9.11. The van der Waals surface area contributed by atoms with Crippen LogP contribution in [0.4, 0.5) is 0 Å². The fourth-order valence-electron chi connectivity index (χ4n) is 0.590. The highest BCUT2D eigenvalue weighted by Crippen LogP contribution is 2.26. The van der Waals surface area contributed by atoms with E-state index in [0.717, 1.165) is 11.8 Å². The predicted octanol–water partition coefficient (Wildman–Crippen LogP) is 2.78. The lowest BCUT2D eigenvalue weighted by Gasteiger charge is -2.00. The molecule has 0 amide bonds. The van der Waals surface area contributed by atoms with E-state index in [1.807, 2.05) is 0 Å². The summed E-state index contributed by atoms with van der Waals surface area (Å²) in [5.41, 5.74) is -1.26. The third-order valence-corrected chi connectivity index (χ3v) is 3.25. The zero-order valence-corrected chi connectivity index (χ0v) is 10.2.